The lowest BCUT2D eigenvalue weighted by atomic mass is 9.85. The topological polar surface area (TPSA) is 70.6 Å². The van der Waals surface area contributed by atoms with E-state index in [-0.39, 0.29) is 35.6 Å². The van der Waals surface area contributed by atoms with Crippen LogP contribution in [0.3, 0.4) is 0 Å². The second kappa shape index (κ2) is 6.29. The van der Waals surface area contributed by atoms with Crippen molar-refractivity contribution in [2.75, 3.05) is 19.3 Å². The third kappa shape index (κ3) is 2.57. The highest BCUT2D eigenvalue weighted by atomic mass is 32.2. The monoisotopic (exact) mass is 357 g/mol. The number of fused-ring (bicyclic) bond motifs is 1. The summed E-state index contributed by atoms with van der Waals surface area (Å²) in [5.74, 6) is -0.635. The molecular weight excluding hydrogens is 338 g/mol. The molecule has 1 aliphatic carbocycles. The van der Waals surface area contributed by atoms with Crippen LogP contribution in [0.25, 0.3) is 0 Å². The van der Waals surface area contributed by atoms with Crippen LogP contribution in [0.1, 0.15) is 23.2 Å². The molecule has 2 aliphatic heterocycles. The van der Waals surface area contributed by atoms with Crippen LogP contribution < -0.4 is 0 Å². The van der Waals surface area contributed by atoms with Crippen molar-refractivity contribution < 1.29 is 14.4 Å². The summed E-state index contributed by atoms with van der Waals surface area (Å²) in [7, 11) is 0. The van der Waals surface area contributed by atoms with Gasteiger partial charge in [-0.05, 0) is 31.2 Å². The predicted octanol–water partition coefficient (Wildman–Crippen LogP) is 1.58. The largest absolute Gasteiger partial charge is 0.334 e. The molecule has 0 aromatic carbocycles. The summed E-state index contributed by atoms with van der Waals surface area (Å²) in [6.45, 7) is 0.817. The number of amides is 3. The fraction of sp³-hybridized carbons (Fsp3) is 0.444. The number of imide groups is 1. The maximum absolute atomic E-state index is 12.7. The molecule has 0 N–H and O–H groups in total. The molecule has 2 fully saturated rings. The molecule has 3 heterocycles. The Morgan fingerprint density at radius 3 is 2.40 bits per heavy atom. The van der Waals surface area contributed by atoms with E-state index in [1.807, 2.05) is 18.4 Å². The van der Waals surface area contributed by atoms with Crippen LogP contribution in [0.5, 0.6) is 0 Å². The van der Waals surface area contributed by atoms with Crippen molar-refractivity contribution in [1.82, 2.24) is 14.8 Å². The Morgan fingerprint density at radius 1 is 1.16 bits per heavy atom. The van der Waals surface area contributed by atoms with E-state index in [0.29, 0.717) is 36.5 Å². The van der Waals surface area contributed by atoms with E-state index in [4.69, 9.17) is 0 Å². The molecule has 0 unspecified atom stereocenters. The van der Waals surface area contributed by atoms with Crippen molar-refractivity contribution in [2.45, 2.75) is 23.9 Å². The lowest BCUT2D eigenvalue weighted by Crippen LogP contribution is -2.62. The second-order valence-electron chi connectivity index (χ2n) is 6.63. The fourth-order valence-corrected chi connectivity index (χ4v) is 4.40. The van der Waals surface area contributed by atoms with Gasteiger partial charge in [-0.15, -0.1) is 11.8 Å². The lowest BCUT2D eigenvalue weighted by Gasteiger charge is -2.43. The summed E-state index contributed by atoms with van der Waals surface area (Å²) >= 11 is 1.43. The van der Waals surface area contributed by atoms with Crippen LogP contribution in [-0.2, 0) is 9.59 Å². The van der Waals surface area contributed by atoms with Gasteiger partial charge in [-0.3, -0.25) is 19.3 Å². The molecule has 0 spiro atoms. The molecule has 6 nitrogen and oxygen atoms in total. The minimum Gasteiger partial charge on any atom is -0.334 e. The van der Waals surface area contributed by atoms with Crippen molar-refractivity contribution in [3.63, 3.8) is 0 Å². The molecule has 2 saturated heterocycles. The summed E-state index contributed by atoms with van der Waals surface area (Å²) in [5.41, 5.74) is 0.574. The summed E-state index contributed by atoms with van der Waals surface area (Å²) in [4.78, 5) is 45.1. The number of pyridine rings is 1. The molecule has 25 heavy (non-hydrogen) atoms. The number of hydrogen-bond acceptors (Lipinski definition) is 5. The van der Waals surface area contributed by atoms with Crippen molar-refractivity contribution in [2.24, 2.45) is 11.8 Å². The van der Waals surface area contributed by atoms with Gasteiger partial charge in [0.15, 0.2) is 0 Å². The Morgan fingerprint density at radius 2 is 1.80 bits per heavy atom. The van der Waals surface area contributed by atoms with E-state index in [9.17, 15) is 14.4 Å². The molecule has 2 atom stereocenters. The highest BCUT2D eigenvalue weighted by Gasteiger charge is 2.52. The predicted molar refractivity (Wildman–Crippen MR) is 92.9 cm³/mol. The second-order valence-corrected chi connectivity index (χ2v) is 7.42. The smallest absolute Gasteiger partial charge is 0.256 e. The van der Waals surface area contributed by atoms with Crippen molar-refractivity contribution in [3.8, 4) is 0 Å². The molecule has 0 bridgehead atoms. The van der Waals surface area contributed by atoms with Gasteiger partial charge in [0.2, 0.25) is 11.8 Å². The first-order valence-electron chi connectivity index (χ1n) is 8.42. The Balaban J connectivity index is 1.45. The number of hydrogen-bond donors (Lipinski definition) is 0. The van der Waals surface area contributed by atoms with E-state index in [1.54, 1.807) is 23.2 Å². The first-order valence-corrected chi connectivity index (χ1v) is 9.64. The van der Waals surface area contributed by atoms with Crippen LogP contribution in [0.4, 0.5) is 0 Å². The van der Waals surface area contributed by atoms with Crippen LogP contribution in [0, 0.1) is 11.8 Å². The van der Waals surface area contributed by atoms with Gasteiger partial charge in [-0.2, -0.15) is 0 Å². The van der Waals surface area contributed by atoms with Crippen LogP contribution in [-0.4, -0.2) is 57.9 Å². The zero-order valence-electron chi connectivity index (χ0n) is 13.9. The van der Waals surface area contributed by atoms with Gasteiger partial charge >= 0.3 is 0 Å². The van der Waals surface area contributed by atoms with Gasteiger partial charge in [0, 0.05) is 19.3 Å². The zero-order valence-corrected chi connectivity index (χ0v) is 14.7. The van der Waals surface area contributed by atoms with Crippen molar-refractivity contribution >= 4 is 29.5 Å². The molecule has 130 valence electrons. The molecule has 1 aromatic heterocycles. The third-order valence-corrected chi connectivity index (χ3v) is 5.96. The Labute approximate surface area is 150 Å². The van der Waals surface area contributed by atoms with Crippen molar-refractivity contribution in [3.05, 3.63) is 36.0 Å². The number of thioether (sulfide) groups is 1. The summed E-state index contributed by atoms with van der Waals surface area (Å²) in [6, 6.07) is 3.32. The van der Waals surface area contributed by atoms with Crippen LogP contribution in [0.2, 0.25) is 0 Å². The maximum Gasteiger partial charge on any atom is 0.256 e. The normalized spacial score (nSPS) is 26.0. The Kier molecular flexibility index (Phi) is 4.11. The van der Waals surface area contributed by atoms with Crippen molar-refractivity contribution in [1.29, 1.82) is 0 Å². The molecule has 0 saturated carbocycles. The quantitative estimate of drug-likeness (QED) is 0.467. The first-order chi connectivity index (χ1) is 12.1. The molecule has 4 rings (SSSR count). The molecule has 3 amide bonds. The highest BCUT2D eigenvalue weighted by Crippen LogP contribution is 2.37. The number of nitrogens with zero attached hydrogens (tertiary/aromatic N) is 3. The van der Waals surface area contributed by atoms with E-state index in [1.165, 1.54) is 16.7 Å². The molecular formula is C18H19N3O3S. The van der Waals surface area contributed by atoms with Gasteiger partial charge in [0.25, 0.3) is 5.91 Å². The summed E-state index contributed by atoms with van der Waals surface area (Å²) < 4.78 is 0. The van der Waals surface area contributed by atoms with Gasteiger partial charge in [-0.25, -0.2) is 4.98 Å². The number of rotatable bonds is 3. The van der Waals surface area contributed by atoms with Gasteiger partial charge in [0.1, 0.15) is 5.03 Å². The van der Waals surface area contributed by atoms with Gasteiger partial charge in [0.05, 0.1) is 23.4 Å². The average molecular weight is 357 g/mol. The maximum atomic E-state index is 12.7. The fourth-order valence-electron chi connectivity index (χ4n) is 3.86. The number of carbonyl (C=O) groups is 3. The molecule has 1 aromatic rings. The number of aromatic nitrogens is 1. The summed E-state index contributed by atoms with van der Waals surface area (Å²) in [6.07, 6.45) is 8.81. The van der Waals surface area contributed by atoms with E-state index in [0.717, 1.165) is 0 Å². The third-order valence-electron chi connectivity index (χ3n) is 5.25. The van der Waals surface area contributed by atoms with Gasteiger partial charge in [-0.1, -0.05) is 12.2 Å². The minimum absolute atomic E-state index is 0.0670. The number of likely N-dealkylation sites (tertiary alicyclic amines) is 2. The van der Waals surface area contributed by atoms with Crippen LogP contribution >= 0.6 is 11.8 Å². The minimum atomic E-state index is -0.205. The Hall–Kier alpha value is -2.15. The zero-order chi connectivity index (χ0) is 17.6. The molecule has 0 radical (unpaired) electrons. The molecule has 7 heteroatoms. The van der Waals surface area contributed by atoms with E-state index in [2.05, 4.69) is 4.98 Å². The van der Waals surface area contributed by atoms with Gasteiger partial charge < -0.3 is 4.90 Å². The van der Waals surface area contributed by atoms with Crippen LogP contribution in [0.15, 0.2) is 35.5 Å². The van der Waals surface area contributed by atoms with E-state index < -0.39 is 0 Å². The number of carbonyl (C=O) groups excluding carboxylic acids is 3. The highest BCUT2D eigenvalue weighted by molar-refractivity contribution is 7.98. The SMILES string of the molecule is CSc1ncccc1C(=O)N1CC(N2C(=O)[C@@H]3CC=CC[C@H]3C2=O)C1. The molecule has 3 aliphatic rings. The lowest BCUT2D eigenvalue weighted by molar-refractivity contribution is -0.145. The summed E-state index contributed by atoms with van der Waals surface area (Å²) in [5, 5.41) is 0.696. The van der Waals surface area contributed by atoms with E-state index >= 15 is 0 Å². The first kappa shape index (κ1) is 16.3. The Bertz CT molecular complexity index is 747. The number of allylic oxidation sites excluding steroid dienone is 2. The average Bonchev–Trinajstić information content (AvgIpc) is 2.86. The standard InChI is InChI=1S/C18H19N3O3S/c1-25-15-14(7-4-8-19-15)16(22)20-9-11(10-20)21-17(23)12-5-2-3-6-13(12)18(21)24/h2-4,7-8,11-13H,5-6,9-10H2,1H3/t12-,13-/m1/s1.